The fourth-order valence-electron chi connectivity index (χ4n) is 5.79. The van der Waals surface area contributed by atoms with E-state index in [1.54, 1.807) is 19.2 Å². The number of ether oxygens (including phenoxy) is 1. The number of aliphatic hydroxyl groups excluding tert-OH is 1. The molecule has 2 aromatic heterocycles. The lowest BCUT2D eigenvalue weighted by Crippen LogP contribution is -2.46. The van der Waals surface area contributed by atoms with Crippen LogP contribution in [0.4, 0.5) is 5.82 Å². The Morgan fingerprint density at radius 1 is 1.00 bits per heavy atom. The maximum Gasteiger partial charge on any atom is 0.220 e. The third kappa shape index (κ3) is 10.9. The molecule has 1 aromatic carbocycles. The number of benzene rings is 1. The summed E-state index contributed by atoms with van der Waals surface area (Å²) in [6.45, 7) is 9.64. The molecule has 0 aliphatic carbocycles. The third-order valence-electron chi connectivity index (χ3n) is 8.21. The molecule has 0 spiro atoms. The minimum absolute atomic E-state index is 0.0247. The van der Waals surface area contributed by atoms with E-state index in [0.717, 1.165) is 114 Å². The van der Waals surface area contributed by atoms with Gasteiger partial charge in [-0.15, -0.1) is 0 Å². The Morgan fingerprint density at radius 3 is 2.35 bits per heavy atom. The molecule has 2 fully saturated rings. The monoisotopic (exact) mass is 670 g/mol. The Kier molecular flexibility index (Phi) is 14.0. The molecule has 3 aromatic rings. The van der Waals surface area contributed by atoms with Gasteiger partial charge in [0.15, 0.2) is 0 Å². The number of hydrogen-bond donors (Lipinski definition) is 2. The maximum absolute atomic E-state index is 11.3. The van der Waals surface area contributed by atoms with Crippen LogP contribution >= 0.6 is 23.2 Å². The highest BCUT2D eigenvalue weighted by molar-refractivity contribution is 6.35. The second-order valence-corrected chi connectivity index (χ2v) is 12.5. The zero-order chi connectivity index (χ0) is 32.9. The van der Waals surface area contributed by atoms with Gasteiger partial charge in [0.05, 0.1) is 11.9 Å². The fourth-order valence-corrected chi connectivity index (χ4v) is 6.31. The highest BCUT2D eigenvalue weighted by Crippen LogP contribution is 2.31. The second kappa shape index (κ2) is 18.2. The molecule has 46 heavy (non-hydrogen) atoms. The lowest BCUT2D eigenvalue weighted by molar-refractivity contribution is -0.119. The number of nitrogens with one attached hydrogen (secondary N) is 1. The molecule has 2 N–H and O–H groups in total. The first-order valence-corrected chi connectivity index (χ1v) is 16.5. The normalized spacial score (nSPS) is 16.0. The molecule has 12 heteroatoms. The van der Waals surface area contributed by atoms with E-state index in [4.69, 9.17) is 43.0 Å². The lowest BCUT2D eigenvalue weighted by atomic mass is 9.96. The summed E-state index contributed by atoms with van der Waals surface area (Å²) in [5.74, 6) is 2.54. The first-order valence-electron chi connectivity index (χ1n) is 15.8. The van der Waals surface area contributed by atoms with Gasteiger partial charge in [0, 0.05) is 81.4 Å². The number of hydrogen-bond acceptors (Lipinski definition) is 9. The van der Waals surface area contributed by atoms with Crippen LogP contribution in [0.5, 0.6) is 11.6 Å². The average molecular weight is 672 g/mol. The van der Waals surface area contributed by atoms with Gasteiger partial charge in [0.25, 0.3) is 0 Å². The molecular weight excluding hydrogens is 627 g/mol. The Hall–Kier alpha value is -3.28. The molecule has 5 rings (SSSR count). The molecule has 1 amide bonds. The third-order valence-corrected chi connectivity index (χ3v) is 8.65. The molecule has 0 unspecified atom stereocenters. The Morgan fingerprint density at radius 2 is 1.72 bits per heavy atom. The number of aromatic nitrogens is 2. The number of unbranched alkanes of at least 4 members (excludes halogenated alkanes) is 1. The molecule has 0 saturated carbocycles. The average Bonchev–Trinajstić information content (AvgIpc) is 3.06. The number of aliphatic hydroxyl groups is 1. The number of amides is 1. The van der Waals surface area contributed by atoms with E-state index in [2.05, 4.69) is 26.1 Å². The summed E-state index contributed by atoms with van der Waals surface area (Å²) < 4.78 is 6.26. The van der Waals surface area contributed by atoms with Crippen molar-refractivity contribution in [3.8, 4) is 22.9 Å². The van der Waals surface area contributed by atoms with Crippen LogP contribution < -0.4 is 15.0 Å². The number of halogens is 2. The first kappa shape index (κ1) is 35.6. The number of rotatable bonds is 12. The molecule has 2 aliphatic rings. The minimum Gasteiger partial charge on any atom is -0.437 e. The standard InChI is InChI=1S/C33H40Cl2N6O3.CH4O/c1-24(43)36-21-25-6-9-40(10-7-25)23-26-16-31(27-18-28(34)20-29(35)19-27)38-33(17-26)44-30-4-5-32(37-22-30)41-13-11-39(12-14-41)8-2-3-15-42;1-2/h4-5,15-20,22,25H,2-3,6-14,21,23H2,1H3,(H,36,43);2H,1H3. The second-order valence-electron chi connectivity index (χ2n) is 11.6. The maximum atomic E-state index is 11.3. The number of aldehydes is 1. The predicted molar refractivity (Wildman–Crippen MR) is 183 cm³/mol. The molecule has 2 saturated heterocycles. The largest absolute Gasteiger partial charge is 0.437 e. The van der Waals surface area contributed by atoms with E-state index in [0.29, 0.717) is 34.0 Å². The van der Waals surface area contributed by atoms with E-state index in [-0.39, 0.29) is 5.91 Å². The molecule has 4 heterocycles. The van der Waals surface area contributed by atoms with Crippen molar-refractivity contribution in [2.24, 2.45) is 5.92 Å². The molecule has 10 nitrogen and oxygen atoms in total. The van der Waals surface area contributed by atoms with E-state index in [1.807, 2.05) is 30.3 Å². The fraction of sp³-hybridized carbons (Fsp3) is 0.471. The van der Waals surface area contributed by atoms with Crippen molar-refractivity contribution in [3.05, 3.63) is 64.3 Å². The smallest absolute Gasteiger partial charge is 0.220 e. The van der Waals surface area contributed by atoms with Crippen LogP contribution in [-0.4, -0.2) is 96.5 Å². The summed E-state index contributed by atoms with van der Waals surface area (Å²) in [7, 11) is 1.00. The first-order chi connectivity index (χ1) is 22.3. The Balaban J connectivity index is 0.00000235. The van der Waals surface area contributed by atoms with Gasteiger partial charge < -0.3 is 24.9 Å². The van der Waals surface area contributed by atoms with Gasteiger partial charge in [-0.3, -0.25) is 14.6 Å². The quantitative estimate of drug-likeness (QED) is 0.196. The van der Waals surface area contributed by atoms with Crippen LogP contribution in [0.1, 0.15) is 38.2 Å². The van der Waals surface area contributed by atoms with E-state index in [9.17, 15) is 9.59 Å². The van der Waals surface area contributed by atoms with Crippen molar-refractivity contribution in [1.29, 1.82) is 0 Å². The van der Waals surface area contributed by atoms with Crippen LogP contribution in [0.25, 0.3) is 11.3 Å². The topological polar surface area (TPSA) is 111 Å². The van der Waals surface area contributed by atoms with Crippen LogP contribution in [0.15, 0.2) is 48.7 Å². The van der Waals surface area contributed by atoms with Crippen molar-refractivity contribution in [3.63, 3.8) is 0 Å². The molecule has 248 valence electrons. The minimum atomic E-state index is 0.0247. The van der Waals surface area contributed by atoms with Crippen LogP contribution in [0, 0.1) is 5.92 Å². The summed E-state index contributed by atoms with van der Waals surface area (Å²) in [5, 5.41) is 11.0. The van der Waals surface area contributed by atoms with Crippen molar-refractivity contribution in [2.45, 2.75) is 39.2 Å². The van der Waals surface area contributed by atoms with Crippen LogP contribution in [-0.2, 0) is 16.1 Å². The van der Waals surface area contributed by atoms with Gasteiger partial charge in [-0.2, -0.15) is 0 Å². The van der Waals surface area contributed by atoms with E-state index < -0.39 is 0 Å². The number of piperazine rings is 1. The Labute approximate surface area is 281 Å². The zero-order valence-corrected chi connectivity index (χ0v) is 28.1. The van der Waals surface area contributed by atoms with Gasteiger partial charge in [0.1, 0.15) is 17.9 Å². The van der Waals surface area contributed by atoms with Gasteiger partial charge in [-0.05, 0) is 86.8 Å². The van der Waals surface area contributed by atoms with Crippen molar-refractivity contribution in [1.82, 2.24) is 25.1 Å². The van der Waals surface area contributed by atoms with E-state index >= 15 is 0 Å². The molecule has 0 radical (unpaired) electrons. The Bertz CT molecular complexity index is 1390. The summed E-state index contributed by atoms with van der Waals surface area (Å²) in [4.78, 5) is 38.5. The van der Waals surface area contributed by atoms with Crippen molar-refractivity contribution in [2.75, 3.05) is 64.4 Å². The zero-order valence-electron chi connectivity index (χ0n) is 26.6. The molecular formula is C34H44Cl2N6O4. The number of pyridine rings is 2. The number of carbonyl (C=O) groups is 2. The van der Waals surface area contributed by atoms with E-state index in [1.165, 1.54) is 0 Å². The van der Waals surface area contributed by atoms with Gasteiger partial charge in [-0.25, -0.2) is 9.97 Å². The van der Waals surface area contributed by atoms with Gasteiger partial charge in [-0.1, -0.05) is 23.2 Å². The highest BCUT2D eigenvalue weighted by Gasteiger charge is 2.21. The molecule has 0 atom stereocenters. The molecule has 0 bridgehead atoms. The van der Waals surface area contributed by atoms with Gasteiger partial charge in [0.2, 0.25) is 11.8 Å². The van der Waals surface area contributed by atoms with Crippen molar-refractivity contribution >= 4 is 41.2 Å². The number of piperidine rings is 1. The molecule has 2 aliphatic heterocycles. The van der Waals surface area contributed by atoms with Gasteiger partial charge >= 0.3 is 0 Å². The predicted octanol–water partition coefficient (Wildman–Crippen LogP) is 5.30. The lowest BCUT2D eigenvalue weighted by Gasteiger charge is -2.35. The summed E-state index contributed by atoms with van der Waals surface area (Å²) in [6.07, 6.45) is 6.35. The summed E-state index contributed by atoms with van der Waals surface area (Å²) in [6, 6.07) is 13.4. The summed E-state index contributed by atoms with van der Waals surface area (Å²) in [5.41, 5.74) is 2.64. The van der Waals surface area contributed by atoms with Crippen molar-refractivity contribution < 1.29 is 19.4 Å². The van der Waals surface area contributed by atoms with Crippen LogP contribution in [0.2, 0.25) is 10.0 Å². The number of nitrogens with zero attached hydrogens (tertiary/aromatic N) is 5. The SMILES string of the molecule is CC(=O)NCC1CCN(Cc2cc(Oc3ccc(N4CCN(CCCC=O)CC4)nc3)nc(-c3cc(Cl)cc(Cl)c3)c2)CC1.CO. The number of carbonyl (C=O) groups excluding carboxylic acids is 2. The van der Waals surface area contributed by atoms with Crippen LogP contribution in [0.3, 0.4) is 0 Å². The number of likely N-dealkylation sites (tertiary alicyclic amines) is 1. The summed E-state index contributed by atoms with van der Waals surface area (Å²) >= 11 is 12.7. The number of anilines is 1. The highest BCUT2D eigenvalue weighted by atomic mass is 35.5.